The van der Waals surface area contributed by atoms with Gasteiger partial charge >= 0.3 is 5.97 Å². The third kappa shape index (κ3) is 5.19. The lowest BCUT2D eigenvalue weighted by atomic mass is 10.0. The molecular weight excluding hydrogens is 268 g/mol. The lowest BCUT2D eigenvalue weighted by Crippen LogP contribution is -2.37. The Balaban J connectivity index is 2.58. The van der Waals surface area contributed by atoms with E-state index in [1.54, 1.807) is 30.1 Å². The molecule has 0 aliphatic rings. The molecular formula is C16H24N2O3. The van der Waals surface area contributed by atoms with E-state index in [0.717, 1.165) is 12.1 Å². The topological polar surface area (TPSA) is 69.6 Å². The molecule has 0 aliphatic carbocycles. The predicted octanol–water partition coefficient (Wildman–Crippen LogP) is 1.63. The highest BCUT2D eigenvalue weighted by Crippen LogP contribution is 2.10. The number of hydrogen-bond donors (Lipinski definition) is 2. The maximum absolute atomic E-state index is 12.2. The van der Waals surface area contributed by atoms with Gasteiger partial charge in [0, 0.05) is 26.1 Å². The van der Waals surface area contributed by atoms with Crippen LogP contribution < -0.4 is 5.32 Å². The maximum Gasteiger partial charge on any atom is 0.335 e. The Bertz CT molecular complexity index is 488. The van der Waals surface area contributed by atoms with E-state index >= 15 is 0 Å². The summed E-state index contributed by atoms with van der Waals surface area (Å²) in [4.78, 5) is 25.0. The fourth-order valence-corrected chi connectivity index (χ4v) is 2.17. The van der Waals surface area contributed by atoms with Gasteiger partial charge in [-0.2, -0.15) is 0 Å². The number of rotatable bonds is 8. The van der Waals surface area contributed by atoms with Crippen LogP contribution in [-0.4, -0.2) is 48.6 Å². The fraction of sp³-hybridized carbons (Fsp3) is 0.500. The van der Waals surface area contributed by atoms with Crippen LogP contribution in [0.2, 0.25) is 0 Å². The first kappa shape index (κ1) is 17.2. The van der Waals surface area contributed by atoms with Crippen molar-refractivity contribution in [3.8, 4) is 0 Å². The Hall–Kier alpha value is -1.88. The van der Waals surface area contributed by atoms with E-state index in [2.05, 4.69) is 5.32 Å². The van der Waals surface area contributed by atoms with Gasteiger partial charge in [-0.1, -0.05) is 32.0 Å². The van der Waals surface area contributed by atoms with Gasteiger partial charge in [0.25, 0.3) is 0 Å². The highest BCUT2D eigenvalue weighted by Gasteiger charge is 2.17. The molecule has 0 radical (unpaired) electrons. The van der Waals surface area contributed by atoms with Crippen LogP contribution >= 0.6 is 0 Å². The molecule has 0 fully saturated rings. The number of hydrogen-bond acceptors (Lipinski definition) is 3. The molecule has 5 heteroatoms. The number of carbonyl (C=O) groups is 2. The summed E-state index contributed by atoms with van der Waals surface area (Å²) in [7, 11) is 1.76. The third-order valence-corrected chi connectivity index (χ3v) is 3.46. The third-order valence-electron chi connectivity index (χ3n) is 3.46. The van der Waals surface area contributed by atoms with Gasteiger partial charge < -0.3 is 15.3 Å². The van der Waals surface area contributed by atoms with Crippen LogP contribution in [0.4, 0.5) is 0 Å². The normalized spacial score (nSPS) is 12.0. The lowest BCUT2D eigenvalue weighted by Gasteiger charge is -2.22. The van der Waals surface area contributed by atoms with E-state index < -0.39 is 5.97 Å². The number of nitrogens with one attached hydrogen (secondary N) is 1. The van der Waals surface area contributed by atoms with Gasteiger partial charge in [0.1, 0.15) is 0 Å². The molecule has 0 bridgehead atoms. The van der Waals surface area contributed by atoms with Gasteiger partial charge in [-0.25, -0.2) is 4.79 Å². The Kier molecular flexibility index (Phi) is 6.88. The number of carbonyl (C=O) groups excluding carboxylic acids is 1. The Labute approximate surface area is 126 Å². The quantitative estimate of drug-likeness (QED) is 0.764. The van der Waals surface area contributed by atoms with Crippen LogP contribution in [0.1, 0.15) is 29.8 Å². The SMILES string of the molecule is CCNCC(C)C(=O)N(C)CCc1ccccc1C(=O)O. The first-order chi connectivity index (χ1) is 9.97. The van der Waals surface area contributed by atoms with Crippen LogP contribution in [0.25, 0.3) is 0 Å². The Morgan fingerprint density at radius 3 is 2.62 bits per heavy atom. The van der Waals surface area contributed by atoms with E-state index in [-0.39, 0.29) is 11.8 Å². The summed E-state index contributed by atoms with van der Waals surface area (Å²) in [5, 5.41) is 12.3. The van der Waals surface area contributed by atoms with Crippen LogP contribution in [0.3, 0.4) is 0 Å². The fourth-order valence-electron chi connectivity index (χ4n) is 2.17. The van der Waals surface area contributed by atoms with E-state index in [9.17, 15) is 9.59 Å². The zero-order chi connectivity index (χ0) is 15.8. The minimum Gasteiger partial charge on any atom is -0.478 e. The minimum absolute atomic E-state index is 0.0729. The number of likely N-dealkylation sites (N-methyl/N-ethyl adjacent to an activating group) is 1. The molecule has 1 amide bonds. The molecule has 5 nitrogen and oxygen atoms in total. The van der Waals surface area contributed by atoms with Gasteiger partial charge in [-0.05, 0) is 24.6 Å². The zero-order valence-electron chi connectivity index (χ0n) is 12.9. The lowest BCUT2D eigenvalue weighted by molar-refractivity contribution is -0.133. The van der Waals surface area contributed by atoms with Crippen LogP contribution in [0.15, 0.2) is 24.3 Å². The molecule has 0 spiro atoms. The second-order valence-corrected chi connectivity index (χ2v) is 5.18. The molecule has 1 rings (SSSR count). The van der Waals surface area contributed by atoms with E-state index in [4.69, 9.17) is 5.11 Å². The van der Waals surface area contributed by atoms with E-state index in [0.29, 0.717) is 25.1 Å². The average Bonchev–Trinajstić information content (AvgIpc) is 2.49. The molecule has 0 aromatic heterocycles. The molecule has 1 unspecified atom stereocenters. The van der Waals surface area contributed by atoms with Crippen LogP contribution in [0.5, 0.6) is 0 Å². The Morgan fingerprint density at radius 1 is 1.33 bits per heavy atom. The molecule has 0 saturated carbocycles. The summed E-state index contributed by atoms with van der Waals surface area (Å²) >= 11 is 0. The molecule has 0 aliphatic heterocycles. The molecule has 116 valence electrons. The highest BCUT2D eigenvalue weighted by atomic mass is 16.4. The van der Waals surface area contributed by atoms with Crippen molar-refractivity contribution >= 4 is 11.9 Å². The van der Waals surface area contributed by atoms with Crippen LogP contribution in [0, 0.1) is 5.92 Å². The highest BCUT2D eigenvalue weighted by molar-refractivity contribution is 5.89. The number of benzene rings is 1. The standard InChI is InChI=1S/C16H24N2O3/c1-4-17-11-12(2)15(19)18(3)10-9-13-7-5-6-8-14(13)16(20)21/h5-8,12,17H,4,9-11H2,1-3H3,(H,20,21). The van der Waals surface area contributed by atoms with Gasteiger partial charge in [0.15, 0.2) is 0 Å². The van der Waals surface area contributed by atoms with Crippen molar-refractivity contribution in [3.63, 3.8) is 0 Å². The Morgan fingerprint density at radius 2 is 2.00 bits per heavy atom. The molecule has 1 atom stereocenters. The summed E-state index contributed by atoms with van der Waals surface area (Å²) in [5.41, 5.74) is 1.06. The number of aromatic carboxylic acids is 1. The first-order valence-electron chi connectivity index (χ1n) is 7.24. The van der Waals surface area contributed by atoms with Gasteiger partial charge in [-0.15, -0.1) is 0 Å². The minimum atomic E-state index is -0.930. The summed E-state index contributed by atoms with van der Waals surface area (Å²) in [5.74, 6) is -0.937. The number of nitrogens with zero attached hydrogens (tertiary/aromatic N) is 1. The van der Waals surface area contributed by atoms with E-state index in [1.165, 1.54) is 0 Å². The van der Waals surface area contributed by atoms with Gasteiger partial charge in [-0.3, -0.25) is 4.79 Å². The molecule has 0 heterocycles. The molecule has 1 aromatic carbocycles. The van der Waals surface area contributed by atoms with Crippen molar-refractivity contribution in [3.05, 3.63) is 35.4 Å². The number of carboxylic acid groups (broad SMARTS) is 1. The number of amides is 1. The summed E-state index contributed by atoms with van der Waals surface area (Å²) in [6.07, 6.45) is 0.540. The molecule has 1 aromatic rings. The second kappa shape index (κ2) is 8.42. The molecule has 2 N–H and O–H groups in total. The summed E-state index contributed by atoms with van der Waals surface area (Å²) in [6.45, 7) is 5.91. The maximum atomic E-state index is 12.2. The molecule has 21 heavy (non-hydrogen) atoms. The van der Waals surface area contributed by atoms with Crippen molar-refractivity contribution in [1.82, 2.24) is 10.2 Å². The number of carboxylic acids is 1. The first-order valence-corrected chi connectivity index (χ1v) is 7.24. The van der Waals surface area contributed by atoms with Crippen molar-refractivity contribution in [1.29, 1.82) is 0 Å². The van der Waals surface area contributed by atoms with Crippen molar-refractivity contribution < 1.29 is 14.7 Å². The monoisotopic (exact) mass is 292 g/mol. The van der Waals surface area contributed by atoms with Crippen LogP contribution in [-0.2, 0) is 11.2 Å². The van der Waals surface area contributed by atoms with Gasteiger partial charge in [0.05, 0.1) is 5.56 Å². The van der Waals surface area contributed by atoms with E-state index in [1.807, 2.05) is 19.9 Å². The van der Waals surface area contributed by atoms with Crippen molar-refractivity contribution in [2.24, 2.45) is 5.92 Å². The summed E-state index contributed by atoms with van der Waals surface area (Å²) < 4.78 is 0. The largest absolute Gasteiger partial charge is 0.478 e. The smallest absolute Gasteiger partial charge is 0.335 e. The van der Waals surface area contributed by atoms with Crippen molar-refractivity contribution in [2.75, 3.05) is 26.7 Å². The zero-order valence-corrected chi connectivity index (χ0v) is 12.9. The second-order valence-electron chi connectivity index (χ2n) is 5.18. The summed E-state index contributed by atoms with van der Waals surface area (Å²) in [6, 6.07) is 6.91. The predicted molar refractivity (Wildman–Crippen MR) is 82.5 cm³/mol. The molecule has 0 saturated heterocycles. The van der Waals surface area contributed by atoms with Gasteiger partial charge in [0.2, 0.25) is 5.91 Å². The van der Waals surface area contributed by atoms with Crippen molar-refractivity contribution in [2.45, 2.75) is 20.3 Å². The average molecular weight is 292 g/mol.